The fraction of sp³-hybridized carbons (Fsp3) is 0.316. The van der Waals surface area contributed by atoms with Crippen molar-refractivity contribution in [3.63, 3.8) is 0 Å². The Morgan fingerprint density at radius 1 is 1.24 bits per heavy atom. The number of benzene rings is 2. The minimum atomic E-state index is -0.274. The van der Waals surface area contributed by atoms with Gasteiger partial charge in [-0.3, -0.25) is 4.79 Å². The van der Waals surface area contributed by atoms with Gasteiger partial charge in [-0.1, -0.05) is 0 Å². The average molecular weight is 360 g/mol. The van der Waals surface area contributed by atoms with E-state index in [9.17, 15) is 9.18 Å². The van der Waals surface area contributed by atoms with Crippen molar-refractivity contribution >= 4 is 29.0 Å². The van der Waals surface area contributed by atoms with Crippen molar-refractivity contribution in [2.75, 3.05) is 36.2 Å². The summed E-state index contributed by atoms with van der Waals surface area (Å²) < 4.78 is 18.2. The lowest BCUT2D eigenvalue weighted by Crippen LogP contribution is -2.22. The van der Waals surface area contributed by atoms with Crippen LogP contribution in [0.25, 0.3) is 0 Å². The van der Waals surface area contributed by atoms with Gasteiger partial charge in [0.25, 0.3) is 0 Å². The summed E-state index contributed by atoms with van der Waals surface area (Å²) in [6, 6.07) is 14.0. The molecule has 1 aliphatic heterocycles. The van der Waals surface area contributed by atoms with Gasteiger partial charge in [0, 0.05) is 36.5 Å². The Bertz CT molecular complexity index is 706. The van der Waals surface area contributed by atoms with E-state index >= 15 is 0 Å². The van der Waals surface area contributed by atoms with Gasteiger partial charge in [0.05, 0.1) is 11.9 Å². The molecule has 0 radical (unpaired) electrons. The first-order valence-corrected chi connectivity index (χ1v) is 9.18. The van der Waals surface area contributed by atoms with Gasteiger partial charge in [0.2, 0.25) is 5.91 Å². The number of rotatable bonds is 6. The Hall–Kier alpha value is -2.05. The summed E-state index contributed by atoms with van der Waals surface area (Å²) >= 11 is 1.38. The first-order valence-electron chi connectivity index (χ1n) is 8.20. The lowest BCUT2D eigenvalue weighted by atomic mass is 10.2. The highest BCUT2D eigenvalue weighted by Crippen LogP contribution is 2.24. The number of thioether (sulfide) groups is 1. The van der Waals surface area contributed by atoms with E-state index in [0.717, 1.165) is 35.8 Å². The number of nitrogens with zero attached hydrogens (tertiary/aromatic N) is 1. The van der Waals surface area contributed by atoms with Gasteiger partial charge in [0.1, 0.15) is 5.82 Å². The van der Waals surface area contributed by atoms with Crippen LogP contribution in [0.3, 0.4) is 0 Å². The fourth-order valence-corrected chi connectivity index (χ4v) is 3.49. The molecular formula is C19H21FN2O2S. The van der Waals surface area contributed by atoms with Crippen LogP contribution in [0, 0.1) is 5.82 Å². The zero-order valence-corrected chi connectivity index (χ0v) is 14.9. The molecule has 3 rings (SSSR count). The largest absolute Gasteiger partial charge is 0.380 e. The summed E-state index contributed by atoms with van der Waals surface area (Å²) in [6.45, 7) is 1.88. The van der Waals surface area contributed by atoms with Gasteiger partial charge in [0.15, 0.2) is 0 Å². The zero-order chi connectivity index (χ0) is 17.6. The monoisotopic (exact) mass is 360 g/mol. The van der Waals surface area contributed by atoms with Crippen molar-refractivity contribution in [3.8, 4) is 0 Å². The molecular weight excluding hydrogens is 339 g/mol. The first kappa shape index (κ1) is 17.8. The molecule has 1 fully saturated rings. The number of carbonyl (C=O) groups is 1. The second kappa shape index (κ2) is 8.36. The molecule has 0 bridgehead atoms. The van der Waals surface area contributed by atoms with Crippen molar-refractivity contribution in [1.29, 1.82) is 0 Å². The molecule has 1 N–H and O–H groups in total. The Morgan fingerprint density at radius 3 is 2.60 bits per heavy atom. The number of ether oxygens (including phenoxy) is 1. The number of methoxy groups -OCH3 is 1. The van der Waals surface area contributed by atoms with Crippen LogP contribution < -0.4 is 10.2 Å². The molecule has 1 aliphatic rings. The molecule has 2 aromatic carbocycles. The van der Waals surface area contributed by atoms with Gasteiger partial charge in [-0.15, -0.1) is 11.8 Å². The third-order valence-corrected chi connectivity index (χ3v) is 5.19. The third kappa shape index (κ3) is 4.96. The van der Waals surface area contributed by atoms with E-state index in [4.69, 9.17) is 4.74 Å². The topological polar surface area (TPSA) is 41.6 Å². The summed E-state index contributed by atoms with van der Waals surface area (Å²) in [5, 5.41) is 2.88. The van der Waals surface area contributed by atoms with E-state index in [1.807, 2.05) is 24.3 Å². The zero-order valence-electron chi connectivity index (χ0n) is 14.1. The highest BCUT2D eigenvalue weighted by molar-refractivity contribution is 8.00. The van der Waals surface area contributed by atoms with E-state index in [1.165, 1.54) is 23.9 Å². The first-order chi connectivity index (χ1) is 12.1. The van der Waals surface area contributed by atoms with Gasteiger partial charge < -0.3 is 15.0 Å². The number of anilines is 2. The molecule has 1 saturated heterocycles. The van der Waals surface area contributed by atoms with E-state index in [0.29, 0.717) is 6.10 Å². The maximum Gasteiger partial charge on any atom is 0.234 e. The summed E-state index contributed by atoms with van der Waals surface area (Å²) in [5.74, 6) is -0.0684. The molecule has 1 atom stereocenters. The van der Waals surface area contributed by atoms with Crippen LogP contribution >= 0.6 is 11.8 Å². The standard InChI is InChI=1S/C19H21FN2O2S/c1-24-17-10-11-22(12-17)16-6-4-15(5-7-16)21-19(23)13-25-18-8-2-14(20)3-9-18/h2-9,17H,10-13H2,1H3,(H,21,23)/t17-/m1/s1. The number of amides is 1. The Balaban J connectivity index is 1.49. The van der Waals surface area contributed by atoms with Crippen LogP contribution in [0.5, 0.6) is 0 Å². The molecule has 1 amide bonds. The second-order valence-corrected chi connectivity index (χ2v) is 6.98. The van der Waals surface area contributed by atoms with Crippen molar-refractivity contribution in [1.82, 2.24) is 0 Å². The molecule has 0 aliphatic carbocycles. The quantitative estimate of drug-likeness (QED) is 0.796. The van der Waals surface area contributed by atoms with E-state index in [2.05, 4.69) is 10.2 Å². The molecule has 0 unspecified atom stereocenters. The van der Waals surface area contributed by atoms with Crippen LogP contribution in [0.15, 0.2) is 53.4 Å². The molecule has 0 spiro atoms. The lowest BCUT2D eigenvalue weighted by molar-refractivity contribution is -0.113. The Labute approximate surface area is 151 Å². The minimum Gasteiger partial charge on any atom is -0.380 e. The Kier molecular flexibility index (Phi) is 5.94. The van der Waals surface area contributed by atoms with Crippen molar-refractivity contribution in [3.05, 3.63) is 54.3 Å². The number of halogens is 1. The van der Waals surface area contributed by atoms with Crippen molar-refractivity contribution in [2.45, 2.75) is 17.4 Å². The molecule has 1 heterocycles. The number of nitrogens with one attached hydrogen (secondary N) is 1. The molecule has 0 aromatic heterocycles. The Morgan fingerprint density at radius 2 is 1.96 bits per heavy atom. The van der Waals surface area contributed by atoms with Crippen molar-refractivity contribution in [2.24, 2.45) is 0 Å². The molecule has 25 heavy (non-hydrogen) atoms. The SMILES string of the molecule is CO[C@@H]1CCN(c2ccc(NC(=O)CSc3ccc(F)cc3)cc2)C1. The summed E-state index contributed by atoms with van der Waals surface area (Å²) in [7, 11) is 1.75. The average Bonchev–Trinajstić information content (AvgIpc) is 3.11. The summed E-state index contributed by atoms with van der Waals surface area (Å²) in [4.78, 5) is 15.2. The maximum absolute atomic E-state index is 12.9. The molecule has 6 heteroatoms. The predicted octanol–water partition coefficient (Wildman–Crippen LogP) is 3.78. The number of hydrogen-bond acceptors (Lipinski definition) is 4. The maximum atomic E-state index is 12.9. The normalized spacial score (nSPS) is 16.9. The van der Waals surface area contributed by atoms with Crippen LogP contribution in [0.4, 0.5) is 15.8 Å². The third-order valence-electron chi connectivity index (χ3n) is 4.18. The van der Waals surface area contributed by atoms with E-state index < -0.39 is 0 Å². The summed E-state index contributed by atoms with van der Waals surface area (Å²) in [5.41, 5.74) is 1.91. The van der Waals surface area contributed by atoms with Gasteiger partial charge >= 0.3 is 0 Å². The van der Waals surface area contributed by atoms with Crippen LogP contribution in [-0.2, 0) is 9.53 Å². The van der Waals surface area contributed by atoms with Crippen LogP contribution in [0.1, 0.15) is 6.42 Å². The highest BCUT2D eigenvalue weighted by Gasteiger charge is 2.22. The molecule has 4 nitrogen and oxygen atoms in total. The smallest absolute Gasteiger partial charge is 0.234 e. The molecule has 132 valence electrons. The van der Waals surface area contributed by atoms with Gasteiger partial charge in [-0.25, -0.2) is 4.39 Å². The van der Waals surface area contributed by atoms with Crippen molar-refractivity contribution < 1.29 is 13.9 Å². The predicted molar refractivity (Wildman–Crippen MR) is 99.8 cm³/mol. The number of hydrogen-bond donors (Lipinski definition) is 1. The molecule has 0 saturated carbocycles. The summed E-state index contributed by atoms with van der Waals surface area (Å²) in [6.07, 6.45) is 1.33. The number of carbonyl (C=O) groups excluding carboxylic acids is 1. The van der Waals surface area contributed by atoms with Crippen LogP contribution in [-0.4, -0.2) is 38.0 Å². The van der Waals surface area contributed by atoms with E-state index in [-0.39, 0.29) is 17.5 Å². The molecule has 2 aromatic rings. The van der Waals surface area contributed by atoms with Crippen LogP contribution in [0.2, 0.25) is 0 Å². The van der Waals surface area contributed by atoms with Gasteiger partial charge in [-0.05, 0) is 55.0 Å². The van der Waals surface area contributed by atoms with E-state index in [1.54, 1.807) is 19.2 Å². The minimum absolute atomic E-state index is 0.0808. The fourth-order valence-electron chi connectivity index (χ4n) is 2.79. The van der Waals surface area contributed by atoms with Gasteiger partial charge in [-0.2, -0.15) is 0 Å². The lowest BCUT2D eigenvalue weighted by Gasteiger charge is -2.18. The second-order valence-electron chi connectivity index (χ2n) is 5.93. The highest BCUT2D eigenvalue weighted by atomic mass is 32.2.